The zero-order valence-electron chi connectivity index (χ0n) is 11.4. The molecule has 0 atom stereocenters. The van der Waals surface area contributed by atoms with Crippen LogP contribution in [-0.4, -0.2) is 31.4 Å². The molecule has 2 rings (SSSR count). The third-order valence-electron chi connectivity index (χ3n) is 2.52. The number of nitrogens with one attached hydrogen (secondary N) is 1. The van der Waals surface area contributed by atoms with Crippen LogP contribution >= 0.6 is 0 Å². The Morgan fingerprint density at radius 3 is 2.65 bits per heavy atom. The summed E-state index contributed by atoms with van der Waals surface area (Å²) >= 11 is 0. The zero-order valence-corrected chi connectivity index (χ0v) is 11.4. The summed E-state index contributed by atoms with van der Waals surface area (Å²) in [5, 5.41) is 6.38. The molecule has 1 aromatic heterocycles. The lowest BCUT2D eigenvalue weighted by atomic mass is 10.3. The molecule has 20 heavy (non-hydrogen) atoms. The van der Waals surface area contributed by atoms with E-state index in [0.717, 1.165) is 5.75 Å². The van der Waals surface area contributed by atoms with E-state index in [-0.39, 0.29) is 11.7 Å². The number of hydrogen-bond donors (Lipinski definition) is 1. The van der Waals surface area contributed by atoms with Crippen molar-refractivity contribution < 1.29 is 18.8 Å². The Morgan fingerprint density at radius 1 is 1.30 bits per heavy atom. The minimum Gasteiger partial charge on any atom is -0.491 e. The van der Waals surface area contributed by atoms with E-state index in [4.69, 9.17) is 14.0 Å². The molecule has 0 saturated heterocycles. The molecule has 6 nitrogen and oxygen atoms in total. The minimum atomic E-state index is -0.335. The minimum absolute atomic E-state index is 0.183. The maximum absolute atomic E-state index is 11.8. The number of amides is 1. The van der Waals surface area contributed by atoms with Crippen molar-refractivity contribution in [2.45, 2.75) is 6.92 Å². The fourth-order valence-electron chi connectivity index (χ4n) is 1.54. The van der Waals surface area contributed by atoms with Crippen LogP contribution in [0, 0.1) is 6.92 Å². The van der Waals surface area contributed by atoms with Gasteiger partial charge in [-0.15, -0.1) is 0 Å². The fraction of sp³-hybridized carbons (Fsp3) is 0.286. The second-order valence-electron chi connectivity index (χ2n) is 4.15. The van der Waals surface area contributed by atoms with Crippen LogP contribution in [0.4, 0.5) is 5.69 Å². The van der Waals surface area contributed by atoms with E-state index >= 15 is 0 Å². The summed E-state index contributed by atoms with van der Waals surface area (Å²) < 4.78 is 15.2. The summed E-state index contributed by atoms with van der Waals surface area (Å²) in [6, 6.07) is 8.64. The van der Waals surface area contributed by atoms with Gasteiger partial charge < -0.3 is 19.3 Å². The number of aryl methyl sites for hydroxylation is 1. The second kappa shape index (κ2) is 6.72. The number of rotatable bonds is 6. The molecule has 1 amide bonds. The average Bonchev–Trinajstić information content (AvgIpc) is 2.88. The van der Waals surface area contributed by atoms with Crippen LogP contribution in [0.25, 0.3) is 0 Å². The van der Waals surface area contributed by atoms with Crippen molar-refractivity contribution in [2.24, 2.45) is 0 Å². The number of benzene rings is 1. The summed E-state index contributed by atoms with van der Waals surface area (Å²) in [5.41, 5.74) is 1.32. The van der Waals surface area contributed by atoms with Crippen LogP contribution in [0.5, 0.6) is 5.75 Å². The van der Waals surface area contributed by atoms with Gasteiger partial charge in [-0.1, -0.05) is 5.16 Å². The number of methoxy groups -OCH3 is 1. The van der Waals surface area contributed by atoms with Gasteiger partial charge in [0, 0.05) is 18.9 Å². The molecular formula is C14H16N2O4. The van der Waals surface area contributed by atoms with Gasteiger partial charge in [0.25, 0.3) is 5.91 Å². The molecule has 0 aliphatic rings. The van der Waals surface area contributed by atoms with Gasteiger partial charge in [0.05, 0.1) is 12.3 Å². The van der Waals surface area contributed by atoms with Crippen molar-refractivity contribution in [2.75, 3.05) is 25.6 Å². The van der Waals surface area contributed by atoms with E-state index in [1.165, 1.54) is 0 Å². The maximum atomic E-state index is 11.8. The number of anilines is 1. The number of ether oxygens (including phenoxy) is 2. The summed E-state index contributed by atoms with van der Waals surface area (Å²) in [6.07, 6.45) is 0. The SMILES string of the molecule is COCCOc1ccc(NC(=O)c2cc(C)no2)cc1. The Balaban J connectivity index is 1.91. The molecule has 0 spiro atoms. The quantitative estimate of drug-likeness (QED) is 0.819. The van der Waals surface area contributed by atoms with E-state index in [9.17, 15) is 4.79 Å². The van der Waals surface area contributed by atoms with Crippen LogP contribution in [0.15, 0.2) is 34.9 Å². The molecular weight excluding hydrogens is 260 g/mol. The van der Waals surface area contributed by atoms with E-state index < -0.39 is 0 Å². The molecule has 0 aliphatic heterocycles. The highest BCUT2D eigenvalue weighted by Gasteiger charge is 2.11. The van der Waals surface area contributed by atoms with E-state index in [0.29, 0.717) is 24.6 Å². The monoisotopic (exact) mass is 276 g/mol. The highest BCUT2D eigenvalue weighted by molar-refractivity contribution is 6.02. The first-order chi connectivity index (χ1) is 9.69. The third-order valence-corrected chi connectivity index (χ3v) is 2.52. The summed E-state index contributed by atoms with van der Waals surface area (Å²) in [6.45, 7) is 2.77. The Morgan fingerprint density at radius 2 is 2.05 bits per heavy atom. The number of carbonyl (C=O) groups excluding carboxylic acids is 1. The zero-order chi connectivity index (χ0) is 14.4. The van der Waals surface area contributed by atoms with Gasteiger partial charge in [-0.25, -0.2) is 0 Å². The smallest absolute Gasteiger partial charge is 0.294 e. The van der Waals surface area contributed by atoms with Crippen LogP contribution in [-0.2, 0) is 4.74 Å². The van der Waals surface area contributed by atoms with E-state index in [1.807, 2.05) is 0 Å². The molecule has 0 saturated carbocycles. The molecule has 106 valence electrons. The van der Waals surface area contributed by atoms with Crippen molar-refractivity contribution in [1.29, 1.82) is 0 Å². The molecule has 0 bridgehead atoms. The Labute approximate surface area is 116 Å². The van der Waals surface area contributed by atoms with Gasteiger partial charge in [0.15, 0.2) is 0 Å². The maximum Gasteiger partial charge on any atom is 0.294 e. The molecule has 0 unspecified atom stereocenters. The average molecular weight is 276 g/mol. The van der Waals surface area contributed by atoms with Gasteiger partial charge in [0.1, 0.15) is 12.4 Å². The number of aromatic nitrogens is 1. The molecule has 1 N–H and O–H groups in total. The van der Waals surface area contributed by atoms with E-state index in [2.05, 4.69) is 10.5 Å². The van der Waals surface area contributed by atoms with E-state index in [1.54, 1.807) is 44.4 Å². The molecule has 2 aromatic rings. The summed E-state index contributed by atoms with van der Waals surface area (Å²) in [4.78, 5) is 11.8. The van der Waals surface area contributed by atoms with Gasteiger partial charge in [-0.05, 0) is 31.2 Å². The summed E-state index contributed by atoms with van der Waals surface area (Å²) in [5.74, 6) is 0.567. The number of hydrogen-bond acceptors (Lipinski definition) is 5. The molecule has 6 heteroatoms. The largest absolute Gasteiger partial charge is 0.491 e. The number of nitrogens with zero attached hydrogens (tertiary/aromatic N) is 1. The van der Waals surface area contributed by atoms with Crippen LogP contribution in [0.3, 0.4) is 0 Å². The molecule has 0 radical (unpaired) electrons. The Hall–Kier alpha value is -2.34. The molecule has 0 fully saturated rings. The van der Waals surface area contributed by atoms with Crippen molar-refractivity contribution in [3.05, 3.63) is 41.8 Å². The van der Waals surface area contributed by atoms with Crippen LogP contribution in [0.2, 0.25) is 0 Å². The van der Waals surface area contributed by atoms with Crippen molar-refractivity contribution in [3.63, 3.8) is 0 Å². The first kappa shape index (κ1) is 14.1. The predicted molar refractivity (Wildman–Crippen MR) is 73.0 cm³/mol. The van der Waals surface area contributed by atoms with Crippen molar-refractivity contribution >= 4 is 11.6 Å². The number of carbonyl (C=O) groups is 1. The van der Waals surface area contributed by atoms with Crippen LogP contribution < -0.4 is 10.1 Å². The lowest BCUT2D eigenvalue weighted by molar-refractivity contribution is 0.0988. The first-order valence-corrected chi connectivity index (χ1v) is 6.15. The summed E-state index contributed by atoms with van der Waals surface area (Å²) in [7, 11) is 1.62. The second-order valence-corrected chi connectivity index (χ2v) is 4.15. The highest BCUT2D eigenvalue weighted by atomic mass is 16.5. The Kier molecular flexibility index (Phi) is 4.73. The first-order valence-electron chi connectivity index (χ1n) is 6.15. The molecule has 1 heterocycles. The molecule has 1 aromatic carbocycles. The van der Waals surface area contributed by atoms with Crippen LogP contribution in [0.1, 0.15) is 16.2 Å². The van der Waals surface area contributed by atoms with Gasteiger partial charge in [-0.3, -0.25) is 4.79 Å². The van der Waals surface area contributed by atoms with Crippen molar-refractivity contribution in [1.82, 2.24) is 5.16 Å². The lowest BCUT2D eigenvalue weighted by Crippen LogP contribution is -2.10. The Bertz CT molecular complexity index is 563. The topological polar surface area (TPSA) is 73.6 Å². The van der Waals surface area contributed by atoms with Gasteiger partial charge >= 0.3 is 0 Å². The lowest BCUT2D eigenvalue weighted by Gasteiger charge is -2.07. The molecule has 0 aliphatic carbocycles. The fourth-order valence-corrected chi connectivity index (χ4v) is 1.54. The standard InChI is InChI=1S/C14H16N2O4/c1-10-9-13(20-16-10)14(17)15-11-3-5-12(6-4-11)19-8-7-18-2/h3-6,9H,7-8H2,1-2H3,(H,15,17). The van der Waals surface area contributed by atoms with Gasteiger partial charge in [0.2, 0.25) is 5.76 Å². The van der Waals surface area contributed by atoms with Gasteiger partial charge in [-0.2, -0.15) is 0 Å². The predicted octanol–water partition coefficient (Wildman–Crippen LogP) is 2.26. The third kappa shape index (κ3) is 3.83. The highest BCUT2D eigenvalue weighted by Crippen LogP contribution is 2.16. The van der Waals surface area contributed by atoms with Crippen molar-refractivity contribution in [3.8, 4) is 5.75 Å². The normalized spacial score (nSPS) is 10.3.